The Kier molecular flexibility index (Phi) is 4.40. The summed E-state index contributed by atoms with van der Waals surface area (Å²) in [7, 11) is 0. The summed E-state index contributed by atoms with van der Waals surface area (Å²) in [4.78, 5) is 0. The molecule has 1 fully saturated rings. The van der Waals surface area contributed by atoms with Gasteiger partial charge in [0.2, 0.25) is 0 Å². The van der Waals surface area contributed by atoms with E-state index in [1.54, 1.807) is 0 Å². The zero-order chi connectivity index (χ0) is 11.4. The molecule has 0 radical (unpaired) electrons. The summed E-state index contributed by atoms with van der Waals surface area (Å²) in [6.07, 6.45) is -3.89. The fraction of sp³-hybridized carbons (Fsp3) is 1.00. The zero-order valence-corrected chi connectivity index (χ0v) is 8.99. The maximum absolute atomic E-state index is 11.8. The van der Waals surface area contributed by atoms with Crippen LogP contribution in [0.3, 0.4) is 0 Å². The number of ether oxygens (including phenoxy) is 1. The Labute approximate surface area is 88.2 Å². The molecule has 1 heterocycles. The first kappa shape index (κ1) is 12.8. The molecule has 15 heavy (non-hydrogen) atoms. The molecule has 0 spiro atoms. The third-order valence-corrected chi connectivity index (χ3v) is 2.52. The summed E-state index contributed by atoms with van der Waals surface area (Å²) in [5, 5.41) is 3.17. The van der Waals surface area contributed by atoms with Crippen molar-refractivity contribution in [3.8, 4) is 0 Å². The Morgan fingerprint density at radius 2 is 1.93 bits per heavy atom. The predicted octanol–water partition coefficient (Wildman–Crippen LogP) is 2.35. The van der Waals surface area contributed by atoms with E-state index in [-0.39, 0.29) is 11.8 Å². The Bertz CT molecular complexity index is 190. The summed E-state index contributed by atoms with van der Waals surface area (Å²) in [5.41, 5.74) is 0.198. The summed E-state index contributed by atoms with van der Waals surface area (Å²) in [6, 6.07) is 0. The average molecular weight is 225 g/mol. The van der Waals surface area contributed by atoms with Crippen molar-refractivity contribution in [3.05, 3.63) is 0 Å². The van der Waals surface area contributed by atoms with E-state index in [9.17, 15) is 13.2 Å². The van der Waals surface area contributed by atoms with Gasteiger partial charge in [-0.1, -0.05) is 6.92 Å². The number of unbranched alkanes of at least 4 members (excludes halogenated alkanes) is 1. The number of hydrogen-bond acceptors (Lipinski definition) is 2. The lowest BCUT2D eigenvalue weighted by atomic mass is 9.89. The Morgan fingerprint density at radius 1 is 1.27 bits per heavy atom. The highest BCUT2D eigenvalue weighted by atomic mass is 19.4. The highest BCUT2D eigenvalue weighted by Gasteiger charge is 2.32. The van der Waals surface area contributed by atoms with Crippen molar-refractivity contribution in [1.29, 1.82) is 0 Å². The van der Waals surface area contributed by atoms with Crippen LogP contribution in [0.5, 0.6) is 0 Å². The normalized spacial score (nSPS) is 20.0. The molecule has 2 nitrogen and oxygen atoms in total. The monoisotopic (exact) mass is 225 g/mol. The molecule has 0 aromatic rings. The molecule has 0 saturated carbocycles. The van der Waals surface area contributed by atoms with Gasteiger partial charge in [-0.05, 0) is 19.4 Å². The summed E-state index contributed by atoms with van der Waals surface area (Å²) >= 11 is 0. The third kappa shape index (κ3) is 5.37. The van der Waals surface area contributed by atoms with E-state index >= 15 is 0 Å². The molecule has 1 aliphatic rings. The van der Waals surface area contributed by atoms with Crippen LogP contribution >= 0.6 is 0 Å². The van der Waals surface area contributed by atoms with Crippen molar-refractivity contribution < 1.29 is 17.9 Å². The van der Waals surface area contributed by atoms with E-state index in [4.69, 9.17) is 4.74 Å². The number of nitrogens with one attached hydrogen (secondary N) is 1. The second-order valence-corrected chi connectivity index (χ2v) is 4.55. The molecule has 0 aromatic heterocycles. The van der Waals surface area contributed by atoms with E-state index in [0.29, 0.717) is 13.0 Å². The van der Waals surface area contributed by atoms with Crippen LogP contribution in [0.1, 0.15) is 26.2 Å². The van der Waals surface area contributed by atoms with Crippen LogP contribution in [0.4, 0.5) is 13.2 Å². The van der Waals surface area contributed by atoms with Crippen molar-refractivity contribution >= 4 is 0 Å². The zero-order valence-electron chi connectivity index (χ0n) is 8.99. The molecule has 0 bridgehead atoms. The van der Waals surface area contributed by atoms with E-state index in [1.807, 2.05) is 0 Å². The van der Waals surface area contributed by atoms with Crippen LogP contribution < -0.4 is 5.32 Å². The Balaban J connectivity index is 1.89. The lowest BCUT2D eigenvalue weighted by Crippen LogP contribution is -2.47. The second kappa shape index (κ2) is 5.16. The van der Waals surface area contributed by atoms with Gasteiger partial charge < -0.3 is 10.1 Å². The van der Waals surface area contributed by atoms with Crippen molar-refractivity contribution in [2.75, 3.05) is 26.3 Å². The molecule has 0 aromatic carbocycles. The highest BCUT2D eigenvalue weighted by molar-refractivity contribution is 4.82. The third-order valence-electron chi connectivity index (χ3n) is 2.52. The number of rotatable bonds is 6. The topological polar surface area (TPSA) is 21.3 Å². The van der Waals surface area contributed by atoms with Crippen molar-refractivity contribution in [1.82, 2.24) is 5.32 Å². The minimum absolute atomic E-state index is 0.198. The maximum atomic E-state index is 11.8. The fourth-order valence-electron chi connectivity index (χ4n) is 1.52. The van der Waals surface area contributed by atoms with Crippen LogP contribution in [0.2, 0.25) is 0 Å². The predicted molar refractivity (Wildman–Crippen MR) is 51.7 cm³/mol. The molecule has 0 unspecified atom stereocenters. The van der Waals surface area contributed by atoms with Gasteiger partial charge in [-0.15, -0.1) is 0 Å². The first-order valence-corrected chi connectivity index (χ1v) is 5.27. The molecule has 90 valence electrons. The molecule has 1 aliphatic heterocycles. The molecule has 0 atom stereocenters. The van der Waals surface area contributed by atoms with Crippen molar-refractivity contribution in [3.63, 3.8) is 0 Å². The quantitative estimate of drug-likeness (QED) is 0.700. The first-order chi connectivity index (χ1) is 6.91. The van der Waals surface area contributed by atoms with Crippen LogP contribution in [0.15, 0.2) is 0 Å². The van der Waals surface area contributed by atoms with Crippen molar-refractivity contribution in [2.24, 2.45) is 5.41 Å². The van der Waals surface area contributed by atoms with Gasteiger partial charge in [-0.2, -0.15) is 13.2 Å². The minimum Gasteiger partial charge on any atom is -0.380 e. The lowest BCUT2D eigenvalue weighted by molar-refractivity contribution is -0.135. The van der Waals surface area contributed by atoms with Gasteiger partial charge in [-0.3, -0.25) is 0 Å². The molecular formula is C10H18F3NO. The second-order valence-electron chi connectivity index (χ2n) is 4.55. The highest BCUT2D eigenvalue weighted by Crippen LogP contribution is 2.25. The number of alkyl halides is 3. The minimum atomic E-state index is -4.01. The number of hydrogen-bond donors (Lipinski definition) is 1. The smallest absolute Gasteiger partial charge is 0.380 e. The molecule has 1 saturated heterocycles. The van der Waals surface area contributed by atoms with Crippen LogP contribution in [-0.4, -0.2) is 32.5 Å². The van der Waals surface area contributed by atoms with Crippen molar-refractivity contribution in [2.45, 2.75) is 32.4 Å². The molecule has 1 rings (SSSR count). The lowest BCUT2D eigenvalue weighted by Gasteiger charge is -2.38. The van der Waals surface area contributed by atoms with Gasteiger partial charge in [0.05, 0.1) is 13.2 Å². The molecule has 0 amide bonds. The molecule has 0 aliphatic carbocycles. The van der Waals surface area contributed by atoms with E-state index in [0.717, 1.165) is 19.8 Å². The largest absolute Gasteiger partial charge is 0.389 e. The SMILES string of the molecule is CC1(CNCCCCC(F)(F)F)COC1. The summed E-state index contributed by atoms with van der Waals surface area (Å²) < 4.78 is 40.4. The molecular weight excluding hydrogens is 207 g/mol. The van der Waals surface area contributed by atoms with Crippen LogP contribution in [0, 0.1) is 5.41 Å². The van der Waals surface area contributed by atoms with Gasteiger partial charge in [0, 0.05) is 18.4 Å². The van der Waals surface area contributed by atoms with E-state index < -0.39 is 12.6 Å². The summed E-state index contributed by atoms with van der Waals surface area (Å²) in [6.45, 7) is 5.11. The molecule has 5 heteroatoms. The van der Waals surface area contributed by atoms with Crippen LogP contribution in [0.25, 0.3) is 0 Å². The van der Waals surface area contributed by atoms with Gasteiger partial charge in [-0.25, -0.2) is 0 Å². The van der Waals surface area contributed by atoms with Gasteiger partial charge in [0.1, 0.15) is 0 Å². The van der Waals surface area contributed by atoms with Gasteiger partial charge in [0.15, 0.2) is 0 Å². The van der Waals surface area contributed by atoms with E-state index in [1.165, 1.54) is 0 Å². The fourth-order valence-corrected chi connectivity index (χ4v) is 1.52. The first-order valence-electron chi connectivity index (χ1n) is 5.27. The summed E-state index contributed by atoms with van der Waals surface area (Å²) in [5.74, 6) is 0. The van der Waals surface area contributed by atoms with Crippen LogP contribution in [-0.2, 0) is 4.74 Å². The van der Waals surface area contributed by atoms with Gasteiger partial charge >= 0.3 is 6.18 Å². The maximum Gasteiger partial charge on any atom is 0.389 e. The average Bonchev–Trinajstić information content (AvgIpc) is 2.06. The Hall–Kier alpha value is -0.290. The molecule has 1 N–H and O–H groups in total. The van der Waals surface area contributed by atoms with E-state index in [2.05, 4.69) is 12.2 Å². The Morgan fingerprint density at radius 3 is 2.40 bits per heavy atom. The van der Waals surface area contributed by atoms with Gasteiger partial charge in [0.25, 0.3) is 0 Å². The number of halogens is 3. The standard InChI is InChI=1S/C10H18F3NO/c1-9(7-15-8-9)6-14-5-3-2-4-10(11,12)13/h14H,2-8H2,1H3.